The minimum Gasteiger partial charge on any atom is -0.476 e. The van der Waals surface area contributed by atoms with E-state index in [1.54, 1.807) is 6.92 Å². The van der Waals surface area contributed by atoms with Gasteiger partial charge in [-0.25, -0.2) is 13.2 Å². The van der Waals surface area contributed by atoms with Gasteiger partial charge in [-0.3, -0.25) is 5.10 Å². The number of aliphatic hydroxyl groups is 1. The summed E-state index contributed by atoms with van der Waals surface area (Å²) in [5, 5.41) is 24.5. The monoisotopic (exact) mass is 303 g/mol. The van der Waals surface area contributed by atoms with Crippen LogP contribution in [0.3, 0.4) is 0 Å². The molecule has 2 heterocycles. The molecule has 1 saturated heterocycles. The molecule has 0 amide bonds. The van der Waals surface area contributed by atoms with Crippen molar-refractivity contribution in [1.29, 1.82) is 0 Å². The summed E-state index contributed by atoms with van der Waals surface area (Å²) in [5.74, 6) is -1.52. The van der Waals surface area contributed by atoms with Crippen molar-refractivity contribution in [3.05, 3.63) is 11.4 Å². The number of carboxylic acid groups (broad SMARTS) is 1. The molecule has 112 valence electrons. The summed E-state index contributed by atoms with van der Waals surface area (Å²) in [6.45, 7) is 3.53. The van der Waals surface area contributed by atoms with E-state index in [2.05, 4.69) is 10.2 Å². The van der Waals surface area contributed by atoms with Gasteiger partial charge < -0.3 is 10.2 Å². The van der Waals surface area contributed by atoms with Gasteiger partial charge in [0.05, 0.1) is 11.8 Å². The lowest BCUT2D eigenvalue weighted by Crippen LogP contribution is -2.31. The van der Waals surface area contributed by atoms with E-state index in [1.807, 2.05) is 0 Å². The first-order valence-electron chi connectivity index (χ1n) is 6.21. The zero-order chi connectivity index (χ0) is 15.1. The average Bonchev–Trinajstić information content (AvgIpc) is 2.94. The number of carbonyl (C=O) groups is 1. The third-order valence-corrected chi connectivity index (χ3v) is 5.59. The number of nitrogens with one attached hydrogen (secondary N) is 1. The van der Waals surface area contributed by atoms with Crippen LogP contribution in [0.5, 0.6) is 0 Å². The van der Waals surface area contributed by atoms with Crippen LogP contribution in [0.2, 0.25) is 0 Å². The van der Waals surface area contributed by atoms with Gasteiger partial charge in [-0.2, -0.15) is 9.40 Å². The van der Waals surface area contributed by atoms with E-state index in [0.717, 1.165) is 0 Å². The summed E-state index contributed by atoms with van der Waals surface area (Å²) in [6.07, 6.45) is -0.0458. The average molecular weight is 303 g/mol. The predicted octanol–water partition coefficient (Wildman–Crippen LogP) is -0.192. The van der Waals surface area contributed by atoms with E-state index in [0.29, 0.717) is 6.42 Å². The molecule has 1 fully saturated rings. The summed E-state index contributed by atoms with van der Waals surface area (Å²) in [7, 11) is -3.92. The van der Waals surface area contributed by atoms with Gasteiger partial charge in [-0.15, -0.1) is 0 Å². The Balaban J connectivity index is 2.37. The Morgan fingerprint density at radius 2 is 2.20 bits per heavy atom. The number of H-pyrrole nitrogens is 1. The molecule has 9 heteroatoms. The quantitative estimate of drug-likeness (QED) is 0.708. The third kappa shape index (κ3) is 2.43. The van der Waals surface area contributed by atoms with Crippen molar-refractivity contribution in [3.8, 4) is 0 Å². The normalized spacial score (nSPS) is 22.1. The van der Waals surface area contributed by atoms with E-state index in [-0.39, 0.29) is 29.6 Å². The number of aromatic amines is 1. The van der Waals surface area contributed by atoms with Gasteiger partial charge in [0.15, 0.2) is 5.69 Å². The molecule has 0 aromatic carbocycles. The van der Waals surface area contributed by atoms with Crippen LogP contribution in [0, 0.1) is 12.8 Å². The molecule has 1 aliphatic rings. The molecule has 20 heavy (non-hydrogen) atoms. The Labute approximate surface area is 116 Å². The highest BCUT2D eigenvalue weighted by Gasteiger charge is 2.38. The maximum absolute atomic E-state index is 12.5. The Hall–Kier alpha value is -1.45. The van der Waals surface area contributed by atoms with Gasteiger partial charge in [-0.1, -0.05) is 0 Å². The van der Waals surface area contributed by atoms with E-state index in [1.165, 1.54) is 11.2 Å². The number of aromatic carboxylic acids is 1. The van der Waals surface area contributed by atoms with Gasteiger partial charge in [0.25, 0.3) is 0 Å². The van der Waals surface area contributed by atoms with Crippen LogP contribution in [-0.4, -0.2) is 58.3 Å². The summed E-state index contributed by atoms with van der Waals surface area (Å²) in [5.41, 5.74) is -0.300. The Kier molecular flexibility index (Phi) is 3.85. The second kappa shape index (κ2) is 5.15. The standard InChI is InChI=1S/C11H17N3O5S/c1-6-10(9(11(16)17)13-12-6)20(18,19)14-4-3-8(5-14)7(2)15/h7-8,15H,3-5H2,1-2H3,(H,12,13)(H,16,17). The number of sulfonamides is 1. The molecule has 0 radical (unpaired) electrons. The second-order valence-electron chi connectivity index (χ2n) is 4.98. The molecule has 1 aromatic rings. The largest absolute Gasteiger partial charge is 0.476 e. The van der Waals surface area contributed by atoms with E-state index in [4.69, 9.17) is 5.11 Å². The molecule has 0 aliphatic carbocycles. The molecule has 1 aromatic heterocycles. The molecular weight excluding hydrogens is 286 g/mol. The number of hydrogen-bond acceptors (Lipinski definition) is 5. The van der Waals surface area contributed by atoms with Crippen molar-refractivity contribution in [2.24, 2.45) is 5.92 Å². The highest BCUT2D eigenvalue weighted by Crippen LogP contribution is 2.28. The molecule has 0 spiro atoms. The predicted molar refractivity (Wildman–Crippen MR) is 68.8 cm³/mol. The van der Waals surface area contributed by atoms with Crippen molar-refractivity contribution in [3.63, 3.8) is 0 Å². The first-order valence-corrected chi connectivity index (χ1v) is 7.65. The first kappa shape index (κ1) is 14.9. The van der Waals surface area contributed by atoms with E-state index in [9.17, 15) is 18.3 Å². The highest BCUT2D eigenvalue weighted by molar-refractivity contribution is 7.89. The molecular formula is C11H17N3O5S. The minimum absolute atomic E-state index is 0.134. The van der Waals surface area contributed by atoms with Crippen molar-refractivity contribution < 1.29 is 23.4 Å². The molecule has 2 atom stereocenters. The minimum atomic E-state index is -3.92. The SMILES string of the molecule is Cc1[nH]nc(C(=O)O)c1S(=O)(=O)N1CCC(C(C)O)C1. The summed E-state index contributed by atoms with van der Waals surface area (Å²) in [4.78, 5) is 10.8. The molecule has 0 saturated carbocycles. The molecule has 8 nitrogen and oxygen atoms in total. The zero-order valence-corrected chi connectivity index (χ0v) is 12.0. The summed E-state index contributed by atoms with van der Waals surface area (Å²) in [6, 6.07) is 0. The number of carboxylic acids is 1. The lowest BCUT2D eigenvalue weighted by atomic mass is 10.0. The Morgan fingerprint density at radius 3 is 2.70 bits per heavy atom. The van der Waals surface area contributed by atoms with Gasteiger partial charge in [-0.05, 0) is 26.2 Å². The van der Waals surface area contributed by atoms with Crippen LogP contribution >= 0.6 is 0 Å². The van der Waals surface area contributed by atoms with Crippen molar-refractivity contribution in [2.75, 3.05) is 13.1 Å². The van der Waals surface area contributed by atoms with Crippen LogP contribution in [0.15, 0.2) is 4.90 Å². The number of hydrogen-bond donors (Lipinski definition) is 3. The van der Waals surface area contributed by atoms with Crippen LogP contribution in [-0.2, 0) is 10.0 Å². The first-order chi connectivity index (χ1) is 9.25. The van der Waals surface area contributed by atoms with Gasteiger partial charge in [0, 0.05) is 13.1 Å². The molecule has 3 N–H and O–H groups in total. The Bertz CT molecular complexity index is 622. The lowest BCUT2D eigenvalue weighted by Gasteiger charge is -2.17. The summed E-state index contributed by atoms with van der Waals surface area (Å²) >= 11 is 0. The maximum Gasteiger partial charge on any atom is 0.357 e. The third-order valence-electron chi connectivity index (χ3n) is 3.56. The lowest BCUT2D eigenvalue weighted by molar-refractivity contribution is 0.0686. The van der Waals surface area contributed by atoms with E-state index >= 15 is 0 Å². The maximum atomic E-state index is 12.5. The van der Waals surface area contributed by atoms with Crippen LogP contribution in [0.25, 0.3) is 0 Å². The number of aryl methyl sites for hydroxylation is 1. The van der Waals surface area contributed by atoms with Gasteiger partial charge >= 0.3 is 5.97 Å². The smallest absolute Gasteiger partial charge is 0.357 e. The molecule has 2 rings (SSSR count). The van der Waals surface area contributed by atoms with Crippen LogP contribution in [0.1, 0.15) is 29.5 Å². The fraction of sp³-hybridized carbons (Fsp3) is 0.636. The second-order valence-corrected chi connectivity index (χ2v) is 6.86. The number of nitrogens with zero attached hydrogens (tertiary/aromatic N) is 2. The van der Waals surface area contributed by atoms with Crippen molar-refractivity contribution in [2.45, 2.75) is 31.3 Å². The molecule has 0 bridgehead atoms. The molecule has 1 aliphatic heterocycles. The number of rotatable bonds is 4. The van der Waals surface area contributed by atoms with Crippen molar-refractivity contribution >= 4 is 16.0 Å². The van der Waals surface area contributed by atoms with Gasteiger partial charge in [0.1, 0.15) is 4.90 Å². The fourth-order valence-electron chi connectivity index (χ4n) is 2.37. The zero-order valence-electron chi connectivity index (χ0n) is 11.2. The fourth-order valence-corrected chi connectivity index (χ4v) is 4.18. The van der Waals surface area contributed by atoms with Gasteiger partial charge in [0.2, 0.25) is 10.0 Å². The van der Waals surface area contributed by atoms with Crippen molar-refractivity contribution in [1.82, 2.24) is 14.5 Å². The molecule has 2 unspecified atom stereocenters. The van der Waals surface area contributed by atoms with Crippen LogP contribution in [0.4, 0.5) is 0 Å². The number of aliphatic hydroxyl groups excluding tert-OH is 1. The summed E-state index contributed by atoms with van der Waals surface area (Å²) < 4.78 is 26.3. The van der Waals surface area contributed by atoms with Crippen LogP contribution < -0.4 is 0 Å². The Morgan fingerprint density at radius 1 is 1.55 bits per heavy atom. The van der Waals surface area contributed by atoms with E-state index < -0.39 is 27.8 Å². The topological polar surface area (TPSA) is 124 Å². The number of aromatic nitrogens is 2. The highest BCUT2D eigenvalue weighted by atomic mass is 32.2.